The highest BCUT2D eigenvalue weighted by Crippen LogP contribution is 2.35. The van der Waals surface area contributed by atoms with E-state index in [2.05, 4.69) is 4.52 Å². The number of carbonyl (C=O) groups is 1. The number of aliphatic hydroxyl groups excluding tert-OH is 3. The average molecular weight is 244 g/mol. The van der Waals surface area contributed by atoms with Crippen molar-refractivity contribution in [3.63, 3.8) is 0 Å². The Morgan fingerprint density at radius 3 is 2.13 bits per heavy atom. The lowest BCUT2D eigenvalue weighted by molar-refractivity contribution is -0.117. The molecule has 5 N–H and O–H groups in total. The predicted octanol–water partition coefficient (Wildman–Crippen LogP) is -2.23. The molecule has 0 bridgehead atoms. The van der Waals surface area contributed by atoms with E-state index in [0.29, 0.717) is 0 Å². The summed E-state index contributed by atoms with van der Waals surface area (Å²) in [7, 11) is -4.70. The van der Waals surface area contributed by atoms with E-state index in [4.69, 9.17) is 25.1 Å². The van der Waals surface area contributed by atoms with Crippen LogP contribution in [0.25, 0.3) is 0 Å². The Hall–Kier alpha value is -0.340. The second kappa shape index (κ2) is 6.29. The fraction of sp³-hybridized carbons (Fsp3) is 0.833. The van der Waals surface area contributed by atoms with Gasteiger partial charge in [-0.3, -0.25) is 4.52 Å². The smallest absolute Gasteiger partial charge is 0.390 e. The molecule has 15 heavy (non-hydrogen) atoms. The number of hydrogen-bond donors (Lipinski definition) is 5. The van der Waals surface area contributed by atoms with Crippen LogP contribution in [0.5, 0.6) is 0 Å². The van der Waals surface area contributed by atoms with Crippen LogP contribution < -0.4 is 0 Å². The van der Waals surface area contributed by atoms with Gasteiger partial charge in [-0.15, -0.1) is 0 Å². The molecule has 0 heterocycles. The van der Waals surface area contributed by atoms with E-state index in [1.807, 2.05) is 0 Å². The van der Waals surface area contributed by atoms with Crippen molar-refractivity contribution in [2.45, 2.75) is 24.7 Å². The van der Waals surface area contributed by atoms with Crippen LogP contribution >= 0.6 is 7.82 Å². The van der Waals surface area contributed by atoms with Crippen LogP contribution in [-0.2, 0) is 13.9 Å². The monoisotopic (exact) mass is 244 g/mol. The van der Waals surface area contributed by atoms with E-state index in [9.17, 15) is 9.36 Å². The van der Waals surface area contributed by atoms with Gasteiger partial charge in [-0.05, 0) is 0 Å². The highest BCUT2D eigenvalue weighted by molar-refractivity contribution is 7.46. The van der Waals surface area contributed by atoms with Crippen LogP contribution in [0.2, 0.25) is 0 Å². The molecule has 0 aliphatic heterocycles. The van der Waals surface area contributed by atoms with Gasteiger partial charge in [0.1, 0.15) is 18.5 Å². The Morgan fingerprint density at radius 1 is 1.20 bits per heavy atom. The Kier molecular flexibility index (Phi) is 6.15. The van der Waals surface area contributed by atoms with Crippen molar-refractivity contribution in [3.8, 4) is 0 Å². The number of phosphoric ester groups is 1. The van der Waals surface area contributed by atoms with Crippen LogP contribution in [-0.4, -0.2) is 56.3 Å². The molecule has 8 nitrogen and oxygen atoms in total. The molecule has 90 valence electrons. The molecule has 3 atom stereocenters. The molecule has 0 spiro atoms. The predicted molar refractivity (Wildman–Crippen MR) is 46.7 cm³/mol. The van der Waals surface area contributed by atoms with Gasteiger partial charge >= 0.3 is 7.82 Å². The molecule has 0 aromatic rings. The third kappa shape index (κ3) is 7.57. The lowest BCUT2D eigenvalue weighted by Gasteiger charge is -2.18. The van der Waals surface area contributed by atoms with E-state index in [1.165, 1.54) is 0 Å². The van der Waals surface area contributed by atoms with Crippen LogP contribution in [0.15, 0.2) is 0 Å². The van der Waals surface area contributed by atoms with Crippen molar-refractivity contribution in [1.29, 1.82) is 0 Å². The number of phosphoric acid groups is 1. The maximum Gasteiger partial charge on any atom is 0.469 e. The third-order valence-corrected chi connectivity index (χ3v) is 1.98. The number of rotatable bonds is 7. The Labute approximate surface area is 85.4 Å². The van der Waals surface area contributed by atoms with Gasteiger partial charge in [-0.1, -0.05) is 0 Å². The normalized spacial score (nSPS) is 18.2. The fourth-order valence-electron chi connectivity index (χ4n) is 0.745. The molecule has 0 aromatic heterocycles. The van der Waals surface area contributed by atoms with Gasteiger partial charge in [-0.25, -0.2) is 4.57 Å². The summed E-state index contributed by atoms with van der Waals surface area (Å²) >= 11 is 0. The van der Waals surface area contributed by atoms with Gasteiger partial charge in [0.05, 0.1) is 12.7 Å². The van der Waals surface area contributed by atoms with E-state index in [-0.39, 0.29) is 6.29 Å². The second-order valence-corrected chi connectivity index (χ2v) is 4.10. The van der Waals surface area contributed by atoms with Crippen LogP contribution in [0.1, 0.15) is 6.42 Å². The zero-order valence-electron chi connectivity index (χ0n) is 7.63. The maximum absolute atomic E-state index is 10.2. The molecule has 0 radical (unpaired) electrons. The highest BCUT2D eigenvalue weighted by Gasteiger charge is 2.23. The van der Waals surface area contributed by atoms with Crippen molar-refractivity contribution in [1.82, 2.24) is 0 Å². The summed E-state index contributed by atoms with van der Waals surface area (Å²) in [5.41, 5.74) is 0. The van der Waals surface area contributed by atoms with Gasteiger partial charge in [0.2, 0.25) is 0 Å². The summed E-state index contributed by atoms with van der Waals surface area (Å²) in [6, 6.07) is 0. The number of aliphatic hydroxyl groups is 3. The van der Waals surface area contributed by atoms with Crippen molar-refractivity contribution in [3.05, 3.63) is 0 Å². The van der Waals surface area contributed by atoms with Gasteiger partial charge in [-0.2, -0.15) is 0 Å². The summed E-state index contributed by atoms with van der Waals surface area (Å²) in [5, 5.41) is 27.0. The molecule has 0 saturated carbocycles. The maximum atomic E-state index is 10.2. The first-order chi connectivity index (χ1) is 6.76. The molecule has 0 aliphatic rings. The first-order valence-corrected chi connectivity index (χ1v) is 5.49. The minimum Gasteiger partial charge on any atom is -0.390 e. The lowest BCUT2D eigenvalue weighted by atomic mass is 10.1. The van der Waals surface area contributed by atoms with E-state index in [0.717, 1.165) is 0 Å². The highest BCUT2D eigenvalue weighted by atomic mass is 31.2. The summed E-state index contributed by atoms with van der Waals surface area (Å²) in [5.74, 6) is 0. The molecular formula is C6H13O8P. The molecule has 0 unspecified atom stereocenters. The molecule has 0 aromatic carbocycles. The minimum atomic E-state index is -4.70. The third-order valence-electron chi connectivity index (χ3n) is 1.50. The number of carbonyl (C=O) groups excluding carboxylic acids is 1. The van der Waals surface area contributed by atoms with Crippen LogP contribution in [0.4, 0.5) is 0 Å². The van der Waals surface area contributed by atoms with E-state index < -0.39 is 39.2 Å². The van der Waals surface area contributed by atoms with Gasteiger partial charge in [0.15, 0.2) is 0 Å². The Bertz CT molecular complexity index is 237. The Morgan fingerprint density at radius 2 is 1.73 bits per heavy atom. The Balaban J connectivity index is 3.94. The van der Waals surface area contributed by atoms with E-state index in [1.54, 1.807) is 0 Å². The molecule has 0 aliphatic carbocycles. The molecule has 9 heteroatoms. The summed E-state index contributed by atoms with van der Waals surface area (Å²) in [6.45, 7) is -0.795. The molecule has 0 rings (SSSR count). The van der Waals surface area contributed by atoms with Gasteiger partial charge < -0.3 is 29.9 Å². The molecule has 0 saturated heterocycles. The molecular weight excluding hydrogens is 231 g/mol. The van der Waals surface area contributed by atoms with Gasteiger partial charge in [0, 0.05) is 6.42 Å². The van der Waals surface area contributed by atoms with Crippen LogP contribution in [0.3, 0.4) is 0 Å². The van der Waals surface area contributed by atoms with Gasteiger partial charge in [0.25, 0.3) is 0 Å². The standard InChI is InChI=1S/C6H13O8P/c7-2-4(8)1-5(9)6(10)3-14-15(11,12)13/h2,4-6,8-10H,1,3H2,(H2,11,12,13)/t4-,5-,6-/m1/s1. The first kappa shape index (κ1) is 14.7. The number of hydrogen-bond acceptors (Lipinski definition) is 6. The topological polar surface area (TPSA) is 145 Å². The average Bonchev–Trinajstić information content (AvgIpc) is 2.12. The summed E-state index contributed by atoms with van der Waals surface area (Å²) in [4.78, 5) is 26.5. The lowest BCUT2D eigenvalue weighted by Crippen LogP contribution is -2.33. The van der Waals surface area contributed by atoms with E-state index >= 15 is 0 Å². The number of aldehydes is 1. The fourth-order valence-corrected chi connectivity index (χ4v) is 1.09. The summed E-state index contributed by atoms with van der Waals surface area (Å²) < 4.78 is 14.1. The van der Waals surface area contributed by atoms with Crippen LogP contribution in [0, 0.1) is 0 Å². The first-order valence-electron chi connectivity index (χ1n) is 3.96. The van der Waals surface area contributed by atoms with Crippen molar-refractivity contribution < 1.29 is 39.0 Å². The van der Waals surface area contributed by atoms with Crippen molar-refractivity contribution in [2.75, 3.05) is 6.61 Å². The van der Waals surface area contributed by atoms with Crippen molar-refractivity contribution >= 4 is 14.1 Å². The van der Waals surface area contributed by atoms with Crippen molar-refractivity contribution in [2.24, 2.45) is 0 Å². The zero-order valence-corrected chi connectivity index (χ0v) is 8.53. The zero-order chi connectivity index (χ0) is 12.1. The SMILES string of the molecule is O=C[C@H](O)C[C@@H](O)[C@H](O)COP(=O)(O)O. The largest absolute Gasteiger partial charge is 0.469 e. The molecule has 0 amide bonds. The summed E-state index contributed by atoms with van der Waals surface area (Å²) in [6.07, 6.45) is -4.80. The second-order valence-electron chi connectivity index (χ2n) is 2.86. The minimum absolute atomic E-state index is 0.166. The quantitative estimate of drug-likeness (QED) is 0.250. The molecule has 0 fully saturated rings.